The van der Waals surface area contributed by atoms with Crippen molar-refractivity contribution in [2.45, 2.75) is 13.1 Å². The van der Waals surface area contributed by atoms with Gasteiger partial charge in [0.15, 0.2) is 0 Å². The summed E-state index contributed by atoms with van der Waals surface area (Å²) in [5.41, 5.74) is 6.80. The number of nitrogens with two attached hydrogens (primary N) is 1. The first-order chi connectivity index (χ1) is 6.22. The fourth-order valence-electron chi connectivity index (χ4n) is 0.908. The maximum absolute atomic E-state index is 10.2. The van der Waals surface area contributed by atoms with Crippen molar-refractivity contribution >= 4 is 6.09 Å². The van der Waals surface area contributed by atoms with Crippen LogP contribution in [0.2, 0.25) is 0 Å². The molecule has 0 spiro atoms. The molecule has 13 heavy (non-hydrogen) atoms. The van der Waals surface area contributed by atoms with E-state index in [1.807, 2.05) is 0 Å². The number of rotatable bonds is 3. The summed E-state index contributed by atoms with van der Waals surface area (Å²) in [6.07, 6.45) is -1.06. The van der Waals surface area contributed by atoms with E-state index in [0.29, 0.717) is 12.2 Å². The van der Waals surface area contributed by atoms with Gasteiger partial charge in [-0.25, -0.2) is 4.79 Å². The Morgan fingerprint density at radius 2 is 2.23 bits per heavy atom. The maximum atomic E-state index is 10.2. The Morgan fingerprint density at radius 3 is 2.85 bits per heavy atom. The number of nitrogens with one attached hydrogen (secondary N) is 1. The first kappa shape index (κ1) is 9.47. The molecule has 0 atom stereocenters. The van der Waals surface area contributed by atoms with Gasteiger partial charge in [0.2, 0.25) is 0 Å². The number of aromatic nitrogens is 1. The molecule has 1 rings (SSSR count). The molecule has 0 aliphatic carbocycles. The van der Waals surface area contributed by atoms with Crippen LogP contribution in [0.25, 0.3) is 0 Å². The molecule has 0 fully saturated rings. The summed E-state index contributed by atoms with van der Waals surface area (Å²) < 4.78 is 0. The van der Waals surface area contributed by atoms with E-state index >= 15 is 0 Å². The second kappa shape index (κ2) is 4.42. The van der Waals surface area contributed by atoms with Gasteiger partial charge in [-0.15, -0.1) is 0 Å². The van der Waals surface area contributed by atoms with Gasteiger partial charge in [0.1, 0.15) is 0 Å². The molecule has 0 radical (unpaired) electrons. The number of hydrogen-bond donors (Lipinski definition) is 3. The van der Waals surface area contributed by atoms with Gasteiger partial charge < -0.3 is 16.2 Å². The highest BCUT2D eigenvalue weighted by Crippen LogP contribution is 1.97. The first-order valence-electron chi connectivity index (χ1n) is 3.84. The van der Waals surface area contributed by atoms with Crippen molar-refractivity contribution in [1.82, 2.24) is 10.3 Å². The van der Waals surface area contributed by atoms with E-state index in [-0.39, 0.29) is 6.54 Å². The van der Waals surface area contributed by atoms with Gasteiger partial charge in [-0.3, -0.25) is 4.98 Å². The SMILES string of the molecule is NCc1cccc(CNC(=O)O)n1. The lowest BCUT2D eigenvalue weighted by Gasteiger charge is -2.02. The summed E-state index contributed by atoms with van der Waals surface area (Å²) in [4.78, 5) is 14.3. The molecule has 4 N–H and O–H groups in total. The molecule has 1 heterocycles. The summed E-state index contributed by atoms with van der Waals surface area (Å²) in [5, 5.41) is 10.6. The Kier molecular flexibility index (Phi) is 3.22. The van der Waals surface area contributed by atoms with Crippen LogP contribution in [0.3, 0.4) is 0 Å². The van der Waals surface area contributed by atoms with E-state index in [1.54, 1.807) is 18.2 Å². The minimum atomic E-state index is -1.06. The topological polar surface area (TPSA) is 88.2 Å². The Balaban J connectivity index is 2.61. The molecule has 70 valence electrons. The van der Waals surface area contributed by atoms with Crippen LogP contribution in [0.4, 0.5) is 4.79 Å². The highest BCUT2D eigenvalue weighted by Gasteiger charge is 1.98. The maximum Gasteiger partial charge on any atom is 0.404 e. The average Bonchev–Trinajstić information content (AvgIpc) is 2.15. The second-order valence-corrected chi connectivity index (χ2v) is 2.48. The molecule has 5 heteroatoms. The molecule has 0 aliphatic heterocycles. The number of hydrogen-bond acceptors (Lipinski definition) is 3. The zero-order valence-corrected chi connectivity index (χ0v) is 7.03. The Bertz CT molecular complexity index is 301. The largest absolute Gasteiger partial charge is 0.465 e. The van der Waals surface area contributed by atoms with Crippen LogP contribution < -0.4 is 11.1 Å². The number of nitrogens with zero attached hydrogens (tertiary/aromatic N) is 1. The van der Waals surface area contributed by atoms with Gasteiger partial charge >= 0.3 is 6.09 Å². The predicted molar refractivity (Wildman–Crippen MR) is 47.0 cm³/mol. The predicted octanol–water partition coefficient (Wildman–Crippen LogP) is 0.308. The molecule has 0 aliphatic rings. The second-order valence-electron chi connectivity index (χ2n) is 2.48. The highest BCUT2D eigenvalue weighted by molar-refractivity contribution is 5.64. The van der Waals surface area contributed by atoms with Crippen molar-refractivity contribution < 1.29 is 9.90 Å². The Hall–Kier alpha value is -1.62. The van der Waals surface area contributed by atoms with Gasteiger partial charge in [-0.2, -0.15) is 0 Å². The van der Waals surface area contributed by atoms with E-state index in [0.717, 1.165) is 5.69 Å². The number of carbonyl (C=O) groups is 1. The minimum Gasteiger partial charge on any atom is -0.465 e. The summed E-state index contributed by atoms with van der Waals surface area (Å²) in [5.74, 6) is 0. The molecule has 5 nitrogen and oxygen atoms in total. The van der Waals surface area contributed by atoms with Crippen LogP contribution in [-0.2, 0) is 13.1 Å². The quantitative estimate of drug-likeness (QED) is 0.626. The van der Waals surface area contributed by atoms with Crippen molar-refractivity contribution in [3.63, 3.8) is 0 Å². The van der Waals surface area contributed by atoms with Crippen LogP contribution >= 0.6 is 0 Å². The molecule has 0 unspecified atom stereocenters. The van der Waals surface area contributed by atoms with Crippen LogP contribution in [-0.4, -0.2) is 16.2 Å². The van der Waals surface area contributed by atoms with Crippen LogP contribution in [0.5, 0.6) is 0 Å². The molecule has 1 amide bonds. The van der Waals surface area contributed by atoms with Crippen molar-refractivity contribution in [3.8, 4) is 0 Å². The third kappa shape index (κ3) is 3.08. The average molecular weight is 181 g/mol. The van der Waals surface area contributed by atoms with E-state index in [1.165, 1.54) is 0 Å². The zero-order chi connectivity index (χ0) is 9.68. The fourth-order valence-corrected chi connectivity index (χ4v) is 0.908. The minimum absolute atomic E-state index is 0.211. The van der Waals surface area contributed by atoms with Gasteiger partial charge in [-0.05, 0) is 12.1 Å². The van der Waals surface area contributed by atoms with Crippen LogP contribution in [0.15, 0.2) is 18.2 Å². The lowest BCUT2D eigenvalue weighted by Crippen LogP contribution is -2.20. The highest BCUT2D eigenvalue weighted by atomic mass is 16.4. The Morgan fingerprint density at radius 1 is 1.54 bits per heavy atom. The zero-order valence-electron chi connectivity index (χ0n) is 7.03. The molecule has 0 saturated heterocycles. The summed E-state index contributed by atoms with van der Waals surface area (Å²) in [6.45, 7) is 0.573. The van der Waals surface area contributed by atoms with E-state index in [9.17, 15) is 4.79 Å². The first-order valence-corrected chi connectivity index (χ1v) is 3.84. The monoisotopic (exact) mass is 181 g/mol. The number of pyridine rings is 1. The summed E-state index contributed by atoms with van der Waals surface area (Å²) >= 11 is 0. The number of amides is 1. The fraction of sp³-hybridized carbons (Fsp3) is 0.250. The van der Waals surface area contributed by atoms with Crippen LogP contribution in [0.1, 0.15) is 11.4 Å². The van der Waals surface area contributed by atoms with Crippen LogP contribution in [0, 0.1) is 0 Å². The standard InChI is InChI=1S/C8H11N3O2/c9-4-6-2-1-3-7(11-6)5-10-8(12)13/h1-3,10H,4-5,9H2,(H,12,13). The smallest absolute Gasteiger partial charge is 0.404 e. The molecule has 0 saturated carbocycles. The lowest BCUT2D eigenvalue weighted by atomic mass is 10.3. The van der Waals surface area contributed by atoms with Crippen molar-refractivity contribution in [1.29, 1.82) is 0 Å². The van der Waals surface area contributed by atoms with E-state index in [2.05, 4.69) is 10.3 Å². The molecule has 1 aromatic rings. The van der Waals surface area contributed by atoms with Crippen molar-refractivity contribution in [3.05, 3.63) is 29.6 Å². The third-order valence-electron chi connectivity index (χ3n) is 1.49. The van der Waals surface area contributed by atoms with Gasteiger partial charge in [0.05, 0.1) is 17.9 Å². The van der Waals surface area contributed by atoms with Crippen molar-refractivity contribution in [2.75, 3.05) is 0 Å². The summed E-state index contributed by atoms with van der Waals surface area (Å²) in [6, 6.07) is 5.34. The summed E-state index contributed by atoms with van der Waals surface area (Å²) in [7, 11) is 0. The Labute approximate surface area is 75.6 Å². The molecule has 0 bridgehead atoms. The third-order valence-corrected chi connectivity index (χ3v) is 1.49. The normalized spacial score (nSPS) is 9.62. The van der Waals surface area contributed by atoms with E-state index in [4.69, 9.17) is 10.8 Å². The lowest BCUT2D eigenvalue weighted by molar-refractivity contribution is 0.194. The molecule has 1 aromatic heterocycles. The molecular weight excluding hydrogens is 170 g/mol. The van der Waals surface area contributed by atoms with E-state index < -0.39 is 6.09 Å². The molecule has 0 aromatic carbocycles. The molecular formula is C8H11N3O2. The number of carboxylic acid groups (broad SMARTS) is 1. The van der Waals surface area contributed by atoms with Gasteiger partial charge in [0.25, 0.3) is 0 Å². The van der Waals surface area contributed by atoms with Crippen molar-refractivity contribution in [2.24, 2.45) is 5.73 Å². The van der Waals surface area contributed by atoms with Gasteiger partial charge in [0, 0.05) is 6.54 Å². The van der Waals surface area contributed by atoms with Gasteiger partial charge in [-0.1, -0.05) is 6.07 Å².